The molecule has 0 fully saturated rings. The van der Waals surface area contributed by atoms with Gasteiger partial charge in [-0.1, -0.05) is 40.9 Å². The predicted molar refractivity (Wildman–Crippen MR) is 89.2 cm³/mol. The average Bonchev–Trinajstić information content (AvgIpc) is 2.49. The van der Waals surface area contributed by atoms with Gasteiger partial charge in [0.05, 0.1) is 15.1 Å². The zero-order chi connectivity index (χ0) is 17.9. The molecule has 9 heteroatoms. The number of carbonyl (C=O) groups is 2. The molecular formula is C15H10Cl3FN2O3. The number of aromatic nitrogens is 1. The highest BCUT2D eigenvalue weighted by Crippen LogP contribution is 2.23. The maximum Gasteiger partial charge on any atom is 0.343 e. The summed E-state index contributed by atoms with van der Waals surface area (Å²) in [5.41, 5.74) is -0.443. The Balaban J connectivity index is 2.07. The molecule has 0 saturated heterocycles. The van der Waals surface area contributed by atoms with E-state index in [2.05, 4.69) is 10.3 Å². The van der Waals surface area contributed by atoms with Gasteiger partial charge in [0, 0.05) is 6.20 Å². The summed E-state index contributed by atoms with van der Waals surface area (Å²) in [6.07, 6.45) is 0.0560. The Hall–Kier alpha value is -1.89. The van der Waals surface area contributed by atoms with Crippen LogP contribution < -0.4 is 5.32 Å². The molecule has 0 aliphatic carbocycles. The lowest BCUT2D eigenvalue weighted by Gasteiger charge is -2.14. The fourth-order valence-electron chi connectivity index (χ4n) is 1.69. The van der Waals surface area contributed by atoms with Crippen LogP contribution in [0.3, 0.4) is 0 Å². The Morgan fingerprint density at radius 2 is 1.96 bits per heavy atom. The number of hydrogen-bond donors (Lipinski definition) is 1. The summed E-state index contributed by atoms with van der Waals surface area (Å²) in [7, 11) is 0. The molecule has 0 unspecified atom stereocenters. The summed E-state index contributed by atoms with van der Waals surface area (Å²) in [4.78, 5) is 27.9. The van der Waals surface area contributed by atoms with Gasteiger partial charge in [-0.3, -0.25) is 4.79 Å². The lowest BCUT2D eigenvalue weighted by molar-refractivity contribution is -0.123. The molecule has 2 aromatic rings. The molecule has 0 spiro atoms. The number of carbonyl (C=O) groups excluding carboxylic acids is 2. The second-order valence-electron chi connectivity index (χ2n) is 4.62. The van der Waals surface area contributed by atoms with E-state index in [4.69, 9.17) is 39.5 Å². The normalized spacial score (nSPS) is 11.7. The minimum Gasteiger partial charge on any atom is -0.449 e. The number of rotatable bonds is 4. The number of halogens is 4. The molecule has 1 amide bonds. The molecule has 5 nitrogen and oxygen atoms in total. The summed E-state index contributed by atoms with van der Waals surface area (Å²) < 4.78 is 18.6. The third-order valence-corrected chi connectivity index (χ3v) is 3.68. The standard InChI is InChI=1S/C15H10Cl3FN2O3/c1-7(14(22)21-13-10(18)5-8(16)6-20-13)24-15(23)12-9(17)3-2-4-11(12)19/h2-7H,1H3,(H,20,21,22)/t7-/m0/s1. The Morgan fingerprint density at radius 1 is 1.25 bits per heavy atom. The van der Waals surface area contributed by atoms with Gasteiger partial charge in [-0.05, 0) is 25.1 Å². The molecule has 1 heterocycles. The first-order chi connectivity index (χ1) is 11.3. The topological polar surface area (TPSA) is 68.3 Å². The molecule has 0 aliphatic heterocycles. The summed E-state index contributed by atoms with van der Waals surface area (Å²) in [5, 5.41) is 2.68. The van der Waals surface area contributed by atoms with Crippen molar-refractivity contribution in [1.82, 2.24) is 4.98 Å². The minimum atomic E-state index is -1.23. The maximum atomic E-state index is 13.7. The van der Waals surface area contributed by atoms with Gasteiger partial charge >= 0.3 is 5.97 Å². The predicted octanol–water partition coefficient (Wildman–Crippen LogP) is 4.36. The van der Waals surface area contributed by atoms with E-state index < -0.39 is 29.4 Å². The highest BCUT2D eigenvalue weighted by atomic mass is 35.5. The van der Waals surface area contributed by atoms with Crippen LogP contribution in [0.15, 0.2) is 30.5 Å². The van der Waals surface area contributed by atoms with Gasteiger partial charge < -0.3 is 10.1 Å². The average molecular weight is 392 g/mol. The fourth-order valence-corrected chi connectivity index (χ4v) is 2.36. The highest BCUT2D eigenvalue weighted by molar-refractivity contribution is 6.36. The molecule has 0 aliphatic rings. The summed E-state index contributed by atoms with van der Waals surface area (Å²) in [5.74, 6) is -2.55. The van der Waals surface area contributed by atoms with E-state index >= 15 is 0 Å². The van der Waals surface area contributed by atoms with E-state index in [1.807, 2.05) is 0 Å². The Morgan fingerprint density at radius 3 is 2.58 bits per heavy atom. The third kappa shape index (κ3) is 4.35. The SMILES string of the molecule is C[C@H](OC(=O)c1c(F)cccc1Cl)C(=O)Nc1ncc(Cl)cc1Cl. The molecule has 126 valence electrons. The van der Waals surface area contributed by atoms with Crippen LogP contribution in [-0.2, 0) is 9.53 Å². The lowest BCUT2D eigenvalue weighted by Crippen LogP contribution is -2.30. The molecule has 24 heavy (non-hydrogen) atoms. The number of pyridine rings is 1. The Kier molecular flexibility index (Phi) is 5.99. The monoisotopic (exact) mass is 390 g/mol. The molecule has 2 rings (SSSR count). The van der Waals surface area contributed by atoms with Gasteiger partial charge in [-0.2, -0.15) is 0 Å². The van der Waals surface area contributed by atoms with Crippen LogP contribution in [0.1, 0.15) is 17.3 Å². The minimum absolute atomic E-state index is 0.0536. The van der Waals surface area contributed by atoms with Crippen LogP contribution in [-0.4, -0.2) is 23.0 Å². The lowest BCUT2D eigenvalue weighted by atomic mass is 10.2. The maximum absolute atomic E-state index is 13.7. The zero-order valence-electron chi connectivity index (χ0n) is 12.1. The number of anilines is 1. The van der Waals surface area contributed by atoms with Gasteiger partial charge in [0.2, 0.25) is 0 Å². The van der Waals surface area contributed by atoms with Crippen molar-refractivity contribution < 1.29 is 18.7 Å². The number of hydrogen-bond acceptors (Lipinski definition) is 4. The smallest absolute Gasteiger partial charge is 0.343 e. The van der Waals surface area contributed by atoms with Gasteiger partial charge in [-0.15, -0.1) is 0 Å². The van der Waals surface area contributed by atoms with E-state index in [9.17, 15) is 14.0 Å². The summed E-state index contributed by atoms with van der Waals surface area (Å²) in [6, 6.07) is 5.13. The van der Waals surface area contributed by atoms with Gasteiger partial charge in [0.15, 0.2) is 11.9 Å². The Labute approximate surface area is 151 Å². The molecule has 1 aromatic carbocycles. The van der Waals surface area contributed by atoms with Crippen LogP contribution in [0.5, 0.6) is 0 Å². The van der Waals surface area contributed by atoms with Crippen LogP contribution in [0.25, 0.3) is 0 Å². The highest BCUT2D eigenvalue weighted by Gasteiger charge is 2.24. The molecule has 1 atom stereocenters. The second-order valence-corrected chi connectivity index (χ2v) is 5.87. The quantitative estimate of drug-likeness (QED) is 0.786. The number of amides is 1. The van der Waals surface area contributed by atoms with Crippen LogP contribution in [0.4, 0.5) is 10.2 Å². The van der Waals surface area contributed by atoms with Crippen LogP contribution >= 0.6 is 34.8 Å². The molecule has 0 saturated carbocycles. The number of nitrogens with zero attached hydrogens (tertiary/aromatic N) is 1. The second kappa shape index (κ2) is 7.79. The first-order valence-corrected chi connectivity index (χ1v) is 7.70. The van der Waals surface area contributed by atoms with Crippen molar-refractivity contribution in [2.75, 3.05) is 5.32 Å². The number of ether oxygens (including phenoxy) is 1. The van der Waals surface area contributed by atoms with Crippen molar-refractivity contribution in [3.05, 3.63) is 56.9 Å². The molecular weight excluding hydrogens is 382 g/mol. The molecule has 1 N–H and O–H groups in total. The van der Waals surface area contributed by atoms with E-state index in [0.717, 1.165) is 6.07 Å². The Bertz CT molecular complexity index is 781. The fraction of sp³-hybridized carbons (Fsp3) is 0.133. The van der Waals surface area contributed by atoms with Gasteiger partial charge in [-0.25, -0.2) is 14.2 Å². The van der Waals surface area contributed by atoms with Crippen molar-refractivity contribution in [3.8, 4) is 0 Å². The zero-order valence-corrected chi connectivity index (χ0v) is 14.4. The van der Waals surface area contributed by atoms with E-state index in [0.29, 0.717) is 5.02 Å². The summed E-state index contributed by atoms with van der Waals surface area (Å²) >= 11 is 17.4. The molecule has 0 radical (unpaired) electrons. The summed E-state index contributed by atoms with van der Waals surface area (Å²) in [6.45, 7) is 1.31. The first-order valence-electron chi connectivity index (χ1n) is 6.56. The van der Waals surface area contributed by atoms with E-state index in [-0.39, 0.29) is 15.9 Å². The van der Waals surface area contributed by atoms with Crippen molar-refractivity contribution in [3.63, 3.8) is 0 Å². The van der Waals surface area contributed by atoms with Crippen molar-refractivity contribution in [1.29, 1.82) is 0 Å². The largest absolute Gasteiger partial charge is 0.449 e. The van der Waals surface area contributed by atoms with Gasteiger partial charge in [0.1, 0.15) is 11.4 Å². The van der Waals surface area contributed by atoms with Crippen LogP contribution in [0, 0.1) is 5.82 Å². The van der Waals surface area contributed by atoms with Crippen molar-refractivity contribution in [2.45, 2.75) is 13.0 Å². The number of benzene rings is 1. The first kappa shape index (κ1) is 18.4. The molecule has 1 aromatic heterocycles. The third-order valence-electron chi connectivity index (χ3n) is 2.87. The van der Waals surface area contributed by atoms with Gasteiger partial charge in [0.25, 0.3) is 5.91 Å². The van der Waals surface area contributed by atoms with Crippen molar-refractivity contribution >= 4 is 52.5 Å². The van der Waals surface area contributed by atoms with Crippen molar-refractivity contribution in [2.24, 2.45) is 0 Å². The number of nitrogens with one attached hydrogen (secondary N) is 1. The van der Waals surface area contributed by atoms with E-state index in [1.54, 1.807) is 0 Å². The number of esters is 1. The van der Waals surface area contributed by atoms with Crippen LogP contribution in [0.2, 0.25) is 15.1 Å². The molecule has 0 bridgehead atoms. The van der Waals surface area contributed by atoms with E-state index in [1.165, 1.54) is 31.3 Å².